The predicted octanol–water partition coefficient (Wildman–Crippen LogP) is -0.737. The molecule has 0 bridgehead atoms. The van der Waals surface area contributed by atoms with E-state index in [0.717, 1.165) is 13.0 Å². The zero-order valence-electron chi connectivity index (χ0n) is 7.34. The van der Waals surface area contributed by atoms with Gasteiger partial charge in [0.15, 0.2) is 0 Å². The maximum absolute atomic E-state index is 11.5. The lowest BCUT2D eigenvalue weighted by Crippen LogP contribution is -2.24. The average Bonchev–Trinajstić information content (AvgIpc) is 2.62. The van der Waals surface area contributed by atoms with Crippen molar-refractivity contribution >= 4 is 11.9 Å². The van der Waals surface area contributed by atoms with Gasteiger partial charge in [-0.2, -0.15) is 0 Å². The van der Waals surface area contributed by atoms with Gasteiger partial charge < -0.3 is 10.6 Å². The van der Waals surface area contributed by atoms with E-state index >= 15 is 0 Å². The van der Waals surface area contributed by atoms with E-state index in [-0.39, 0.29) is 17.9 Å². The highest BCUT2D eigenvalue weighted by Gasteiger charge is 2.31. The van der Waals surface area contributed by atoms with E-state index in [1.165, 1.54) is 11.0 Å². The van der Waals surface area contributed by atoms with Crippen molar-refractivity contribution in [3.63, 3.8) is 0 Å². The van der Waals surface area contributed by atoms with Gasteiger partial charge in [0, 0.05) is 13.6 Å². The number of likely N-dealkylation sites (N-methyl/N-ethyl adjacent to an activating group) is 1. The van der Waals surface area contributed by atoms with E-state index in [0.29, 0.717) is 0 Å². The molecule has 1 amide bonds. The fraction of sp³-hybridized carbons (Fsp3) is 0.571. The fourth-order valence-corrected chi connectivity index (χ4v) is 1.49. The van der Waals surface area contributed by atoms with Gasteiger partial charge in [-0.15, -0.1) is 5.10 Å². The molecule has 0 aliphatic carbocycles. The number of likely N-dealkylation sites (tertiary alicyclic amines) is 1. The van der Waals surface area contributed by atoms with Crippen molar-refractivity contribution in [3.05, 3.63) is 6.33 Å². The molecule has 0 spiro atoms. The first-order chi connectivity index (χ1) is 6.18. The summed E-state index contributed by atoms with van der Waals surface area (Å²) in [6.45, 7) is 0.767. The van der Waals surface area contributed by atoms with Crippen LogP contribution in [0.2, 0.25) is 0 Å². The van der Waals surface area contributed by atoms with Gasteiger partial charge in [-0.05, 0) is 6.42 Å². The van der Waals surface area contributed by atoms with Crippen LogP contribution >= 0.6 is 0 Å². The monoisotopic (exact) mass is 181 g/mol. The zero-order valence-corrected chi connectivity index (χ0v) is 7.34. The molecule has 6 nitrogen and oxygen atoms in total. The molecule has 6 heteroatoms. The highest BCUT2D eigenvalue weighted by atomic mass is 16.2. The molecule has 1 aliphatic rings. The van der Waals surface area contributed by atoms with Crippen LogP contribution in [0, 0.1) is 0 Å². The first kappa shape index (κ1) is 8.03. The first-order valence-corrected chi connectivity index (χ1v) is 4.10. The predicted molar refractivity (Wildman–Crippen MR) is 45.7 cm³/mol. The normalized spacial score (nSPS) is 22.7. The molecule has 2 N–H and O–H groups in total. The van der Waals surface area contributed by atoms with Gasteiger partial charge in [0.1, 0.15) is 12.4 Å². The van der Waals surface area contributed by atoms with E-state index in [4.69, 9.17) is 5.73 Å². The van der Waals surface area contributed by atoms with E-state index < -0.39 is 0 Å². The Hall–Kier alpha value is -1.59. The standard InChI is InChI=1S/C7H11N5O/c1-11-3-2-5(6(11)13)12-4-9-7(8)10-12/h4-5H,2-3H2,1H3,(H2,8,10). The molecule has 1 aromatic heterocycles. The topological polar surface area (TPSA) is 77.0 Å². The number of anilines is 1. The fourth-order valence-electron chi connectivity index (χ4n) is 1.49. The van der Waals surface area contributed by atoms with Crippen molar-refractivity contribution in [2.45, 2.75) is 12.5 Å². The number of aromatic nitrogens is 3. The molecule has 2 heterocycles. The molecule has 1 saturated heterocycles. The van der Waals surface area contributed by atoms with Crippen LogP contribution < -0.4 is 5.73 Å². The minimum Gasteiger partial charge on any atom is -0.367 e. The smallest absolute Gasteiger partial charge is 0.247 e. The number of rotatable bonds is 1. The van der Waals surface area contributed by atoms with Crippen LogP contribution in [0.1, 0.15) is 12.5 Å². The zero-order chi connectivity index (χ0) is 9.42. The van der Waals surface area contributed by atoms with E-state index in [1.807, 2.05) is 0 Å². The summed E-state index contributed by atoms with van der Waals surface area (Å²) in [5.74, 6) is 0.284. The quantitative estimate of drug-likeness (QED) is 0.619. The van der Waals surface area contributed by atoms with Crippen LogP contribution in [-0.2, 0) is 4.79 Å². The van der Waals surface area contributed by atoms with Gasteiger partial charge >= 0.3 is 0 Å². The molecule has 0 aromatic carbocycles. The van der Waals surface area contributed by atoms with Crippen molar-refractivity contribution < 1.29 is 4.79 Å². The number of hydrogen-bond donors (Lipinski definition) is 1. The summed E-state index contributed by atoms with van der Waals surface area (Å²) >= 11 is 0. The maximum atomic E-state index is 11.5. The lowest BCUT2D eigenvalue weighted by atomic mass is 10.3. The van der Waals surface area contributed by atoms with Crippen molar-refractivity contribution in [2.75, 3.05) is 19.3 Å². The summed E-state index contributed by atoms with van der Waals surface area (Å²) in [5.41, 5.74) is 5.36. The summed E-state index contributed by atoms with van der Waals surface area (Å²) in [6, 6.07) is -0.213. The van der Waals surface area contributed by atoms with Gasteiger partial charge in [-0.25, -0.2) is 9.67 Å². The van der Waals surface area contributed by atoms with E-state index in [2.05, 4.69) is 10.1 Å². The second-order valence-electron chi connectivity index (χ2n) is 3.15. The van der Waals surface area contributed by atoms with Gasteiger partial charge in [-0.3, -0.25) is 4.79 Å². The van der Waals surface area contributed by atoms with Crippen molar-refractivity contribution in [1.29, 1.82) is 0 Å². The summed E-state index contributed by atoms with van der Waals surface area (Å²) in [4.78, 5) is 17.0. The third-order valence-corrected chi connectivity index (χ3v) is 2.24. The van der Waals surface area contributed by atoms with Crippen molar-refractivity contribution in [2.24, 2.45) is 0 Å². The lowest BCUT2D eigenvalue weighted by molar-refractivity contribution is -0.129. The van der Waals surface area contributed by atoms with Gasteiger partial charge in [0.25, 0.3) is 0 Å². The highest BCUT2D eigenvalue weighted by Crippen LogP contribution is 2.20. The third-order valence-electron chi connectivity index (χ3n) is 2.24. The summed E-state index contributed by atoms with van der Waals surface area (Å²) in [5, 5.41) is 3.91. The molecule has 1 atom stereocenters. The molecule has 1 aliphatic heterocycles. The Morgan fingerprint density at radius 1 is 1.69 bits per heavy atom. The molecule has 0 radical (unpaired) electrons. The number of amides is 1. The minimum atomic E-state index is -0.213. The number of hydrogen-bond acceptors (Lipinski definition) is 4. The second kappa shape index (κ2) is 2.72. The number of nitrogens with zero attached hydrogens (tertiary/aromatic N) is 4. The minimum absolute atomic E-state index is 0.0740. The van der Waals surface area contributed by atoms with Crippen LogP contribution in [0.25, 0.3) is 0 Å². The largest absolute Gasteiger partial charge is 0.367 e. The number of carbonyl (C=O) groups excluding carboxylic acids is 1. The molecule has 2 rings (SSSR count). The molecule has 1 unspecified atom stereocenters. The molecular formula is C7H11N5O. The SMILES string of the molecule is CN1CCC(n2cnc(N)n2)C1=O. The van der Waals surface area contributed by atoms with Crippen LogP contribution in [0.5, 0.6) is 0 Å². The lowest BCUT2D eigenvalue weighted by Gasteiger charge is -2.09. The van der Waals surface area contributed by atoms with Crippen LogP contribution in [0.4, 0.5) is 5.95 Å². The van der Waals surface area contributed by atoms with Gasteiger partial charge in [0.05, 0.1) is 0 Å². The summed E-state index contributed by atoms with van der Waals surface area (Å²) in [7, 11) is 1.78. The van der Waals surface area contributed by atoms with E-state index in [1.54, 1.807) is 11.9 Å². The molecular weight excluding hydrogens is 170 g/mol. The van der Waals surface area contributed by atoms with Crippen LogP contribution in [-0.4, -0.2) is 39.2 Å². The average molecular weight is 181 g/mol. The molecule has 1 aromatic rings. The Bertz CT molecular complexity index is 333. The Balaban J connectivity index is 2.23. The Morgan fingerprint density at radius 2 is 2.46 bits per heavy atom. The third kappa shape index (κ3) is 1.24. The Morgan fingerprint density at radius 3 is 2.92 bits per heavy atom. The van der Waals surface area contributed by atoms with Gasteiger partial charge in [-0.1, -0.05) is 0 Å². The molecule has 1 fully saturated rings. The maximum Gasteiger partial charge on any atom is 0.247 e. The highest BCUT2D eigenvalue weighted by molar-refractivity contribution is 5.82. The van der Waals surface area contributed by atoms with E-state index in [9.17, 15) is 4.79 Å². The molecule has 70 valence electrons. The van der Waals surface area contributed by atoms with Crippen molar-refractivity contribution in [3.8, 4) is 0 Å². The molecule has 13 heavy (non-hydrogen) atoms. The van der Waals surface area contributed by atoms with Gasteiger partial charge in [0.2, 0.25) is 11.9 Å². The molecule has 0 saturated carbocycles. The first-order valence-electron chi connectivity index (χ1n) is 4.10. The second-order valence-corrected chi connectivity index (χ2v) is 3.15. The van der Waals surface area contributed by atoms with Crippen LogP contribution in [0.3, 0.4) is 0 Å². The number of nitrogens with two attached hydrogens (primary N) is 1. The number of carbonyl (C=O) groups is 1. The Kier molecular flexibility index (Phi) is 1.68. The summed E-state index contributed by atoms with van der Waals surface area (Å²) in [6.07, 6.45) is 2.27. The Labute approximate surface area is 75.3 Å². The number of nitrogen functional groups attached to an aromatic ring is 1. The summed E-state index contributed by atoms with van der Waals surface area (Å²) < 4.78 is 1.53. The van der Waals surface area contributed by atoms with Crippen molar-refractivity contribution in [1.82, 2.24) is 19.7 Å². The van der Waals surface area contributed by atoms with Crippen LogP contribution in [0.15, 0.2) is 6.33 Å².